The van der Waals surface area contributed by atoms with Crippen LogP contribution in [0.15, 0.2) is 60.7 Å². The molecule has 0 aromatic heterocycles. The molecule has 2 saturated carbocycles. The van der Waals surface area contributed by atoms with Crippen LogP contribution in [0.2, 0.25) is 0 Å². The number of hydrogen-bond donors (Lipinski definition) is 0. The third-order valence-electron chi connectivity index (χ3n) is 7.71. The summed E-state index contributed by atoms with van der Waals surface area (Å²) in [6.07, 6.45) is -1.23. The van der Waals surface area contributed by atoms with Crippen molar-refractivity contribution in [2.24, 2.45) is 10.8 Å². The lowest BCUT2D eigenvalue weighted by atomic mass is 9.72. The van der Waals surface area contributed by atoms with Crippen LogP contribution in [0, 0.1) is 10.8 Å². The van der Waals surface area contributed by atoms with Gasteiger partial charge < -0.3 is 9.47 Å². The van der Waals surface area contributed by atoms with E-state index < -0.39 is 45.8 Å². The second-order valence-electron chi connectivity index (χ2n) is 10.1. The number of esters is 2. The van der Waals surface area contributed by atoms with Gasteiger partial charge in [0, 0.05) is 24.7 Å². The Kier molecular flexibility index (Phi) is 4.89. The lowest BCUT2D eigenvalue weighted by molar-refractivity contribution is -0.144. The number of hydrogen-bond acceptors (Lipinski definition) is 5. The Labute approximate surface area is 189 Å². The Morgan fingerprint density at radius 2 is 0.938 bits per heavy atom. The minimum absolute atomic E-state index is 0.0742. The summed E-state index contributed by atoms with van der Waals surface area (Å²) in [6, 6.07) is 19.0. The smallest absolute Gasteiger partial charge is 0.302 e. The molecule has 2 aromatic rings. The summed E-state index contributed by atoms with van der Waals surface area (Å²) in [5.74, 6) is -0.919. The first-order valence-corrected chi connectivity index (χ1v) is 11.0. The Bertz CT molecular complexity index is 986. The molecule has 168 valence electrons. The summed E-state index contributed by atoms with van der Waals surface area (Å²) in [4.78, 5) is 38.8. The molecule has 4 unspecified atom stereocenters. The van der Waals surface area contributed by atoms with Crippen molar-refractivity contribution in [3.63, 3.8) is 0 Å². The van der Waals surface area contributed by atoms with Gasteiger partial charge in [0.1, 0.15) is 23.0 Å². The van der Waals surface area contributed by atoms with Gasteiger partial charge in [-0.2, -0.15) is 0 Å². The molecule has 2 aliphatic rings. The molecule has 0 amide bonds. The number of ether oxygens (including phenoxy) is 2. The monoisotopic (exact) mass is 434 g/mol. The summed E-state index contributed by atoms with van der Waals surface area (Å²) in [5, 5.41) is 0. The quantitative estimate of drug-likeness (QED) is 0.632. The van der Waals surface area contributed by atoms with E-state index in [4.69, 9.17) is 9.47 Å². The van der Waals surface area contributed by atoms with Crippen molar-refractivity contribution in [2.45, 2.75) is 64.6 Å². The van der Waals surface area contributed by atoms with Crippen molar-refractivity contribution in [3.05, 3.63) is 71.8 Å². The zero-order chi connectivity index (χ0) is 23.5. The number of rotatable bonds is 6. The summed E-state index contributed by atoms with van der Waals surface area (Å²) in [5.41, 5.74) is -1.75. The molecule has 0 bridgehead atoms. The van der Waals surface area contributed by atoms with Gasteiger partial charge in [-0.1, -0.05) is 88.4 Å². The number of carbonyl (C=O) groups is 3. The van der Waals surface area contributed by atoms with Gasteiger partial charge in [0.25, 0.3) is 0 Å². The first-order chi connectivity index (χ1) is 15.0. The Morgan fingerprint density at radius 1 is 0.625 bits per heavy atom. The number of Topliss-reactive ketones (excluding diaryl/α,β-unsaturated/α-hetero) is 1. The predicted octanol–water partition coefficient (Wildman–Crippen LogP) is 4.37. The van der Waals surface area contributed by atoms with Crippen LogP contribution in [-0.4, -0.2) is 29.9 Å². The van der Waals surface area contributed by atoms with E-state index in [9.17, 15) is 14.4 Å². The second-order valence-corrected chi connectivity index (χ2v) is 10.1. The van der Waals surface area contributed by atoms with Gasteiger partial charge in [-0.15, -0.1) is 0 Å². The Morgan fingerprint density at radius 3 is 1.22 bits per heavy atom. The highest BCUT2D eigenvalue weighted by Crippen LogP contribution is 2.75. The fourth-order valence-electron chi connectivity index (χ4n) is 6.08. The minimum Gasteiger partial charge on any atom is -0.460 e. The van der Waals surface area contributed by atoms with Gasteiger partial charge in [0.15, 0.2) is 5.78 Å². The number of ketones is 1. The summed E-state index contributed by atoms with van der Waals surface area (Å²) in [7, 11) is 0. The van der Waals surface area contributed by atoms with Crippen molar-refractivity contribution in [3.8, 4) is 0 Å². The largest absolute Gasteiger partial charge is 0.460 e. The van der Waals surface area contributed by atoms with Crippen molar-refractivity contribution >= 4 is 17.7 Å². The van der Waals surface area contributed by atoms with Crippen LogP contribution in [0.1, 0.15) is 52.7 Å². The summed E-state index contributed by atoms with van der Waals surface area (Å²) < 4.78 is 11.5. The van der Waals surface area contributed by atoms with E-state index in [0.29, 0.717) is 0 Å². The van der Waals surface area contributed by atoms with E-state index in [-0.39, 0.29) is 5.78 Å². The molecule has 2 aromatic carbocycles. The van der Waals surface area contributed by atoms with Crippen LogP contribution < -0.4 is 0 Å². The number of carbonyl (C=O) groups excluding carboxylic acids is 3. The van der Waals surface area contributed by atoms with Gasteiger partial charge in [-0.25, -0.2) is 0 Å². The van der Waals surface area contributed by atoms with E-state index in [0.717, 1.165) is 11.1 Å². The Balaban J connectivity index is 1.95. The molecule has 0 spiro atoms. The predicted molar refractivity (Wildman–Crippen MR) is 120 cm³/mol. The molecule has 32 heavy (non-hydrogen) atoms. The first kappa shape index (κ1) is 22.3. The number of benzene rings is 2. The molecule has 5 heteroatoms. The van der Waals surface area contributed by atoms with E-state index >= 15 is 0 Å². The fourth-order valence-corrected chi connectivity index (χ4v) is 6.08. The topological polar surface area (TPSA) is 69.7 Å². The molecule has 2 fully saturated rings. The third-order valence-corrected chi connectivity index (χ3v) is 7.71. The maximum Gasteiger partial charge on any atom is 0.302 e. The van der Waals surface area contributed by atoms with Crippen LogP contribution >= 0.6 is 0 Å². The zero-order valence-electron chi connectivity index (χ0n) is 19.5. The maximum atomic E-state index is 14.8. The molecule has 0 saturated heterocycles. The SMILES string of the molecule is CC(=O)OC1C(C)(C)C1(C(=O)C1(c2ccccc2)C(OC(C)=O)C1(C)C)c1ccccc1. The van der Waals surface area contributed by atoms with Crippen LogP contribution in [-0.2, 0) is 34.7 Å². The summed E-state index contributed by atoms with van der Waals surface area (Å²) in [6.45, 7) is 10.6. The molecule has 0 radical (unpaired) electrons. The van der Waals surface area contributed by atoms with E-state index in [1.807, 2.05) is 88.4 Å². The van der Waals surface area contributed by atoms with Gasteiger partial charge in [-0.3, -0.25) is 14.4 Å². The lowest BCUT2D eigenvalue weighted by Gasteiger charge is -2.28. The second kappa shape index (κ2) is 7.03. The maximum absolute atomic E-state index is 14.8. The molecular formula is C27H30O5. The highest BCUT2D eigenvalue weighted by atomic mass is 16.6. The van der Waals surface area contributed by atoms with Gasteiger partial charge in [-0.05, 0) is 11.1 Å². The molecule has 5 nitrogen and oxygen atoms in total. The third kappa shape index (κ3) is 2.66. The minimum atomic E-state index is -1.05. The molecular weight excluding hydrogens is 404 g/mol. The van der Waals surface area contributed by atoms with Crippen molar-refractivity contribution < 1.29 is 23.9 Å². The van der Waals surface area contributed by atoms with E-state index in [1.54, 1.807) is 0 Å². The molecule has 0 heterocycles. The van der Waals surface area contributed by atoms with Gasteiger partial charge in [0.2, 0.25) is 0 Å². The van der Waals surface area contributed by atoms with Crippen molar-refractivity contribution in [2.75, 3.05) is 0 Å². The molecule has 4 atom stereocenters. The Hall–Kier alpha value is -2.95. The molecule has 4 rings (SSSR count). The zero-order valence-corrected chi connectivity index (χ0v) is 19.5. The average molecular weight is 435 g/mol. The van der Waals surface area contributed by atoms with Crippen LogP contribution in [0.3, 0.4) is 0 Å². The van der Waals surface area contributed by atoms with Crippen molar-refractivity contribution in [1.82, 2.24) is 0 Å². The fraction of sp³-hybridized carbons (Fsp3) is 0.444. The molecule has 0 N–H and O–H groups in total. The highest BCUT2D eigenvalue weighted by Gasteiger charge is 2.88. The van der Waals surface area contributed by atoms with Gasteiger partial charge in [0.05, 0.1) is 0 Å². The standard InChI is InChI=1S/C27H30O5/c1-17(28)31-22-24(3,4)26(22,19-13-9-7-10-14-19)21(30)27(20-15-11-8-12-16-20)23(25(27,5)6)32-18(2)29/h7-16,22-23H,1-6H3. The first-order valence-electron chi connectivity index (χ1n) is 11.0. The lowest BCUT2D eigenvalue weighted by Crippen LogP contribution is -2.41. The average Bonchev–Trinajstić information content (AvgIpc) is 3.44. The highest BCUT2D eigenvalue weighted by molar-refractivity contribution is 6.08. The van der Waals surface area contributed by atoms with E-state index in [1.165, 1.54) is 13.8 Å². The van der Waals surface area contributed by atoms with Crippen LogP contribution in [0.25, 0.3) is 0 Å². The van der Waals surface area contributed by atoms with Gasteiger partial charge >= 0.3 is 11.9 Å². The molecule has 0 aliphatic heterocycles. The van der Waals surface area contributed by atoms with Crippen molar-refractivity contribution in [1.29, 1.82) is 0 Å². The van der Waals surface area contributed by atoms with E-state index in [2.05, 4.69) is 0 Å². The van der Waals surface area contributed by atoms with Crippen LogP contribution in [0.4, 0.5) is 0 Å². The normalized spacial score (nSPS) is 31.3. The summed E-state index contributed by atoms with van der Waals surface area (Å²) >= 11 is 0. The van der Waals surface area contributed by atoms with Crippen LogP contribution in [0.5, 0.6) is 0 Å². The molecule has 2 aliphatic carbocycles.